The van der Waals surface area contributed by atoms with Crippen LogP contribution in [0.4, 0.5) is 0 Å². The van der Waals surface area contributed by atoms with Crippen LogP contribution in [-0.4, -0.2) is 86.6 Å². The summed E-state index contributed by atoms with van der Waals surface area (Å²) in [5.41, 5.74) is 0.504. The first-order valence-corrected chi connectivity index (χ1v) is 11.9. The molecule has 4 rings (SSSR count). The van der Waals surface area contributed by atoms with Gasteiger partial charge >= 0.3 is 0 Å². The molecule has 0 aromatic carbocycles. The number of nitrogens with one attached hydrogen (secondary N) is 1. The molecule has 2 N–H and O–H groups in total. The van der Waals surface area contributed by atoms with Gasteiger partial charge in [0.2, 0.25) is 11.8 Å². The van der Waals surface area contributed by atoms with Gasteiger partial charge in [0.1, 0.15) is 12.1 Å². The summed E-state index contributed by atoms with van der Waals surface area (Å²) < 4.78 is 1.66. The lowest BCUT2D eigenvalue weighted by atomic mass is 9.85. The predicted octanol–water partition coefficient (Wildman–Crippen LogP) is 1.30. The standard InChI is InChI=1S/C23H38N6O3/c1-23(2,3)20(29-13-18(25-26-29)14-6-7-14)22(32)28-12-17(30)11-19(28)21(31)24-15-8-9-16(10-15)27(4)5/h13-17,19-20,30H,6-12H2,1-5H3,(H,24,31)/t15-,16+,17+,19-,20+/m0/s1. The molecule has 178 valence electrons. The Hall–Kier alpha value is -2.00. The van der Waals surface area contributed by atoms with E-state index in [0.29, 0.717) is 12.0 Å². The maximum atomic E-state index is 13.8. The molecule has 2 amide bonds. The molecule has 5 atom stereocenters. The van der Waals surface area contributed by atoms with Crippen molar-refractivity contribution in [1.82, 2.24) is 30.1 Å². The SMILES string of the molecule is CN(C)[C@@H]1CC[C@H](NC(=O)[C@@H]2C[C@@H](O)CN2C(=O)[C@@H](n2cc(C3CC3)nn2)C(C)(C)C)C1. The lowest BCUT2D eigenvalue weighted by molar-refractivity contribution is -0.144. The van der Waals surface area contributed by atoms with Crippen molar-refractivity contribution < 1.29 is 14.7 Å². The fourth-order valence-electron chi connectivity index (χ4n) is 5.18. The zero-order valence-electron chi connectivity index (χ0n) is 20.0. The van der Waals surface area contributed by atoms with E-state index in [1.807, 2.05) is 27.0 Å². The number of likely N-dealkylation sites (tertiary alicyclic amines) is 1. The third-order valence-electron chi connectivity index (χ3n) is 7.19. The number of amides is 2. The summed E-state index contributed by atoms with van der Waals surface area (Å²) in [5.74, 6) is 0.104. The van der Waals surface area contributed by atoms with E-state index in [1.54, 1.807) is 9.58 Å². The number of carbonyl (C=O) groups excluding carboxylic acids is 2. The molecule has 1 aromatic rings. The van der Waals surface area contributed by atoms with E-state index in [9.17, 15) is 14.7 Å². The van der Waals surface area contributed by atoms with Crippen LogP contribution >= 0.6 is 0 Å². The van der Waals surface area contributed by atoms with Gasteiger partial charge < -0.3 is 20.2 Å². The van der Waals surface area contributed by atoms with Gasteiger partial charge in [0.05, 0.1) is 11.8 Å². The van der Waals surface area contributed by atoms with Gasteiger partial charge in [0, 0.05) is 37.2 Å². The third-order valence-corrected chi connectivity index (χ3v) is 7.19. The van der Waals surface area contributed by atoms with Crippen LogP contribution in [-0.2, 0) is 9.59 Å². The second kappa shape index (κ2) is 8.74. The van der Waals surface area contributed by atoms with Crippen molar-refractivity contribution in [3.05, 3.63) is 11.9 Å². The van der Waals surface area contributed by atoms with E-state index in [4.69, 9.17) is 0 Å². The molecule has 1 saturated heterocycles. The van der Waals surface area contributed by atoms with E-state index < -0.39 is 23.6 Å². The summed E-state index contributed by atoms with van der Waals surface area (Å²) in [6.07, 6.45) is 6.57. The first-order chi connectivity index (χ1) is 15.0. The lowest BCUT2D eigenvalue weighted by Crippen LogP contribution is -2.51. The van der Waals surface area contributed by atoms with Gasteiger partial charge in [0.25, 0.3) is 0 Å². The largest absolute Gasteiger partial charge is 0.391 e. The Kier molecular flexibility index (Phi) is 6.33. The second-order valence-corrected chi connectivity index (χ2v) is 11.2. The number of aromatic nitrogens is 3. The maximum Gasteiger partial charge on any atom is 0.248 e. The Morgan fingerprint density at radius 2 is 1.91 bits per heavy atom. The van der Waals surface area contributed by atoms with Crippen LogP contribution in [0.25, 0.3) is 0 Å². The molecule has 2 aliphatic carbocycles. The molecule has 3 fully saturated rings. The molecule has 9 nitrogen and oxygen atoms in total. The highest BCUT2D eigenvalue weighted by Crippen LogP contribution is 2.40. The van der Waals surface area contributed by atoms with Crippen molar-refractivity contribution >= 4 is 11.8 Å². The Morgan fingerprint density at radius 3 is 2.50 bits per heavy atom. The Morgan fingerprint density at radius 1 is 1.19 bits per heavy atom. The van der Waals surface area contributed by atoms with Crippen molar-refractivity contribution in [2.45, 2.75) is 95.5 Å². The molecular weight excluding hydrogens is 408 g/mol. The third kappa shape index (κ3) is 4.83. The minimum absolute atomic E-state index is 0.111. The molecule has 3 aliphatic rings. The van der Waals surface area contributed by atoms with E-state index in [0.717, 1.165) is 37.8 Å². The van der Waals surface area contributed by atoms with Crippen LogP contribution in [0.1, 0.15) is 76.9 Å². The van der Waals surface area contributed by atoms with Crippen molar-refractivity contribution in [1.29, 1.82) is 0 Å². The van der Waals surface area contributed by atoms with Crippen molar-refractivity contribution in [3.8, 4) is 0 Å². The van der Waals surface area contributed by atoms with Crippen molar-refractivity contribution in [2.75, 3.05) is 20.6 Å². The number of hydrogen-bond acceptors (Lipinski definition) is 6. The molecule has 0 spiro atoms. The van der Waals surface area contributed by atoms with Gasteiger partial charge in [-0.05, 0) is 51.6 Å². The van der Waals surface area contributed by atoms with Crippen LogP contribution in [0.15, 0.2) is 6.20 Å². The predicted molar refractivity (Wildman–Crippen MR) is 120 cm³/mol. The van der Waals surface area contributed by atoms with Gasteiger partial charge in [-0.2, -0.15) is 0 Å². The fraction of sp³-hybridized carbons (Fsp3) is 0.826. The summed E-state index contributed by atoms with van der Waals surface area (Å²) in [7, 11) is 4.13. The minimum atomic E-state index is -0.703. The van der Waals surface area contributed by atoms with Crippen molar-refractivity contribution in [3.63, 3.8) is 0 Å². The Bertz CT molecular complexity index is 843. The molecule has 0 radical (unpaired) electrons. The van der Waals surface area contributed by atoms with Crippen LogP contribution in [0, 0.1) is 5.41 Å². The van der Waals surface area contributed by atoms with E-state index in [-0.39, 0.29) is 30.8 Å². The number of aliphatic hydroxyl groups excluding tert-OH is 1. The molecule has 2 saturated carbocycles. The summed E-state index contributed by atoms with van der Waals surface area (Å²) in [5, 5.41) is 22.1. The molecule has 32 heavy (non-hydrogen) atoms. The highest BCUT2D eigenvalue weighted by Gasteiger charge is 2.46. The van der Waals surface area contributed by atoms with E-state index in [1.165, 1.54) is 0 Å². The monoisotopic (exact) mass is 446 g/mol. The average Bonchev–Trinajstić information content (AvgIpc) is 3.09. The topological polar surface area (TPSA) is 104 Å². The summed E-state index contributed by atoms with van der Waals surface area (Å²) >= 11 is 0. The molecule has 2 heterocycles. The van der Waals surface area contributed by atoms with Gasteiger partial charge in [-0.25, -0.2) is 4.68 Å². The lowest BCUT2D eigenvalue weighted by Gasteiger charge is -2.34. The number of hydrogen-bond donors (Lipinski definition) is 2. The van der Waals surface area contributed by atoms with Crippen LogP contribution < -0.4 is 5.32 Å². The van der Waals surface area contributed by atoms with E-state index >= 15 is 0 Å². The Balaban J connectivity index is 1.50. The molecule has 9 heteroatoms. The summed E-state index contributed by atoms with van der Waals surface area (Å²) in [6, 6.07) is -0.676. The summed E-state index contributed by atoms with van der Waals surface area (Å²) in [4.78, 5) is 30.7. The maximum absolute atomic E-state index is 13.8. The van der Waals surface area contributed by atoms with Crippen LogP contribution in [0.2, 0.25) is 0 Å². The smallest absolute Gasteiger partial charge is 0.248 e. The number of nitrogens with zero attached hydrogens (tertiary/aromatic N) is 5. The summed E-state index contributed by atoms with van der Waals surface area (Å²) in [6.45, 7) is 6.15. The minimum Gasteiger partial charge on any atom is -0.391 e. The number of carbonyl (C=O) groups is 2. The van der Waals surface area contributed by atoms with Gasteiger partial charge in [-0.3, -0.25) is 9.59 Å². The quantitative estimate of drug-likeness (QED) is 0.683. The Labute approximate surface area is 190 Å². The number of aliphatic hydroxyl groups is 1. The highest BCUT2D eigenvalue weighted by molar-refractivity contribution is 5.90. The molecular formula is C23H38N6O3. The normalized spacial score (nSPS) is 29.5. The average molecular weight is 447 g/mol. The van der Waals surface area contributed by atoms with Gasteiger partial charge in [-0.15, -0.1) is 5.10 Å². The van der Waals surface area contributed by atoms with Crippen molar-refractivity contribution in [2.24, 2.45) is 5.41 Å². The molecule has 1 aliphatic heterocycles. The van der Waals surface area contributed by atoms with Gasteiger partial charge in [-0.1, -0.05) is 26.0 Å². The fourth-order valence-corrected chi connectivity index (χ4v) is 5.18. The van der Waals surface area contributed by atoms with Crippen LogP contribution in [0.3, 0.4) is 0 Å². The van der Waals surface area contributed by atoms with E-state index in [2.05, 4.69) is 34.6 Å². The van der Waals surface area contributed by atoms with Gasteiger partial charge in [0.15, 0.2) is 0 Å². The first-order valence-electron chi connectivity index (χ1n) is 11.9. The second-order valence-electron chi connectivity index (χ2n) is 11.2. The highest BCUT2D eigenvalue weighted by atomic mass is 16.3. The first kappa shape index (κ1) is 23.2. The number of β-amino-alcohol motifs (C(OH)–C–C–N with tert-alkyl or cyclic N) is 1. The molecule has 0 bridgehead atoms. The number of rotatable bonds is 6. The molecule has 0 unspecified atom stereocenters. The molecule has 1 aromatic heterocycles. The zero-order valence-corrected chi connectivity index (χ0v) is 20.0. The van der Waals surface area contributed by atoms with Crippen LogP contribution in [0.5, 0.6) is 0 Å². The zero-order chi connectivity index (χ0) is 23.2.